The molecule has 0 fully saturated rings. The summed E-state index contributed by atoms with van der Waals surface area (Å²) < 4.78 is 20.4. The molecule has 29 heavy (non-hydrogen) atoms. The van der Waals surface area contributed by atoms with Gasteiger partial charge in [-0.05, 0) is 36.6 Å². The first-order valence-corrected chi connectivity index (χ1v) is 9.05. The van der Waals surface area contributed by atoms with Crippen molar-refractivity contribution in [1.82, 2.24) is 25.0 Å². The fraction of sp³-hybridized carbons (Fsp3) is 0.350. The van der Waals surface area contributed by atoms with Gasteiger partial charge in [0.1, 0.15) is 23.8 Å². The monoisotopic (exact) mass is 399 g/mol. The van der Waals surface area contributed by atoms with E-state index in [-0.39, 0.29) is 42.8 Å². The lowest BCUT2D eigenvalue weighted by Gasteiger charge is -2.19. The third-order valence-corrected chi connectivity index (χ3v) is 4.37. The van der Waals surface area contributed by atoms with Crippen LogP contribution in [0, 0.1) is 18.2 Å². The van der Waals surface area contributed by atoms with Crippen molar-refractivity contribution in [2.75, 3.05) is 6.61 Å². The first-order chi connectivity index (χ1) is 13.8. The highest BCUT2D eigenvalue weighted by atomic mass is 19.1. The van der Waals surface area contributed by atoms with Gasteiger partial charge in [0.25, 0.3) is 0 Å². The highest BCUT2D eigenvalue weighted by molar-refractivity contribution is 5.94. The molecule has 0 aliphatic rings. The summed E-state index contributed by atoms with van der Waals surface area (Å²) in [7, 11) is 0. The summed E-state index contributed by atoms with van der Waals surface area (Å²) in [6, 6.07) is 5.88. The summed E-state index contributed by atoms with van der Waals surface area (Å²) in [5.74, 6) is -0.289. The Bertz CT molecular complexity index is 984. The summed E-state index contributed by atoms with van der Waals surface area (Å²) in [5.41, 5.74) is 1.71. The van der Waals surface area contributed by atoms with Gasteiger partial charge in [0.05, 0.1) is 23.8 Å². The van der Waals surface area contributed by atoms with Crippen molar-refractivity contribution in [2.45, 2.75) is 33.8 Å². The van der Waals surface area contributed by atoms with Crippen molar-refractivity contribution in [3.8, 4) is 11.6 Å². The van der Waals surface area contributed by atoms with Gasteiger partial charge in [-0.3, -0.25) is 4.79 Å². The molecule has 2 heterocycles. The second-order valence-electron chi connectivity index (χ2n) is 7.46. The zero-order valence-electron chi connectivity index (χ0n) is 16.5. The summed E-state index contributed by atoms with van der Waals surface area (Å²) >= 11 is 0. The first kappa shape index (κ1) is 20.5. The lowest BCUT2D eigenvalue weighted by molar-refractivity contribution is 0.0853. The molecule has 0 amide bonds. The molecule has 0 bridgehead atoms. The maximum absolute atomic E-state index is 13.2. The molecule has 0 aliphatic carbocycles. The molecule has 0 saturated heterocycles. The lowest BCUT2D eigenvalue weighted by atomic mass is 9.88. The molecule has 0 spiro atoms. The van der Waals surface area contributed by atoms with Gasteiger partial charge in [-0.15, -0.1) is 5.10 Å². The van der Waals surface area contributed by atoms with E-state index in [1.807, 2.05) is 0 Å². The number of aliphatic hydroxyl groups is 1. The predicted octanol–water partition coefficient (Wildman–Crippen LogP) is 2.68. The Morgan fingerprint density at radius 1 is 1.21 bits per heavy atom. The molecule has 1 N–H and O–H groups in total. The van der Waals surface area contributed by atoms with Gasteiger partial charge in [0.15, 0.2) is 5.78 Å². The molecule has 0 atom stereocenters. The summed E-state index contributed by atoms with van der Waals surface area (Å²) in [4.78, 5) is 20.5. The van der Waals surface area contributed by atoms with Crippen LogP contribution in [-0.4, -0.2) is 42.5 Å². The lowest BCUT2D eigenvalue weighted by Crippen LogP contribution is -2.22. The van der Waals surface area contributed by atoms with Crippen LogP contribution in [0.3, 0.4) is 0 Å². The molecule has 152 valence electrons. The molecule has 3 aromatic rings. The Balaban J connectivity index is 1.69. The molecule has 1 aromatic carbocycles. The molecular weight excluding hydrogens is 377 g/mol. The fourth-order valence-corrected chi connectivity index (χ4v) is 2.59. The number of hydrogen-bond donors (Lipinski definition) is 1. The van der Waals surface area contributed by atoms with Gasteiger partial charge in [-0.25, -0.2) is 19.0 Å². The fourth-order valence-electron chi connectivity index (χ4n) is 2.59. The number of benzene rings is 1. The number of rotatable bonds is 8. The van der Waals surface area contributed by atoms with E-state index in [0.717, 1.165) is 0 Å². The highest BCUT2D eigenvalue weighted by Crippen LogP contribution is 2.21. The van der Waals surface area contributed by atoms with Gasteiger partial charge < -0.3 is 9.84 Å². The topological polar surface area (TPSA) is 103 Å². The number of aliphatic hydroxyl groups excluding tert-OH is 1. The maximum Gasteiger partial charge on any atom is 0.232 e. The van der Waals surface area contributed by atoms with Crippen LogP contribution in [0.1, 0.15) is 42.1 Å². The van der Waals surface area contributed by atoms with E-state index >= 15 is 0 Å². The number of carbonyl (C=O) groups is 1. The zero-order chi connectivity index (χ0) is 21.0. The van der Waals surface area contributed by atoms with E-state index in [9.17, 15) is 14.3 Å². The van der Waals surface area contributed by atoms with Crippen molar-refractivity contribution in [3.05, 3.63) is 59.6 Å². The van der Waals surface area contributed by atoms with Gasteiger partial charge >= 0.3 is 0 Å². The SMILES string of the molecule is Cc1nnn(-c2ccc(F)cc2)c1COc1cnc(C(=O)CC(C)(C)CO)cn1. The van der Waals surface area contributed by atoms with Crippen molar-refractivity contribution in [1.29, 1.82) is 0 Å². The number of halogens is 1. The van der Waals surface area contributed by atoms with Crippen LogP contribution in [0.4, 0.5) is 4.39 Å². The third-order valence-electron chi connectivity index (χ3n) is 4.37. The van der Waals surface area contributed by atoms with Crippen molar-refractivity contribution < 1.29 is 19.0 Å². The van der Waals surface area contributed by atoms with Gasteiger partial charge in [0, 0.05) is 13.0 Å². The summed E-state index contributed by atoms with van der Waals surface area (Å²) in [6.07, 6.45) is 2.90. The molecule has 8 nitrogen and oxygen atoms in total. The normalized spacial score (nSPS) is 11.5. The van der Waals surface area contributed by atoms with Crippen molar-refractivity contribution >= 4 is 5.78 Å². The standard InChI is InChI=1S/C20H22FN5O3/c1-13-17(26(25-24-13)15-6-4-14(21)5-7-15)11-29-19-10-22-16(9-23-19)18(28)8-20(2,3)12-27/h4-7,9-10,27H,8,11-12H2,1-3H3. The number of ketones is 1. The minimum absolute atomic E-state index is 0.0948. The molecule has 3 rings (SSSR count). The molecule has 0 saturated carbocycles. The molecule has 9 heteroatoms. The van der Waals surface area contributed by atoms with Crippen molar-refractivity contribution in [2.24, 2.45) is 5.41 Å². The van der Waals surface area contributed by atoms with Crippen LogP contribution in [0.5, 0.6) is 5.88 Å². The van der Waals surface area contributed by atoms with E-state index in [1.54, 1.807) is 37.6 Å². The number of hydrogen-bond acceptors (Lipinski definition) is 7. The third kappa shape index (κ3) is 5.00. The summed E-state index contributed by atoms with van der Waals surface area (Å²) in [5, 5.41) is 17.4. The second kappa shape index (κ2) is 8.44. The minimum atomic E-state index is -0.517. The molecule has 2 aromatic heterocycles. The van der Waals surface area contributed by atoms with E-state index in [1.165, 1.54) is 24.5 Å². The first-order valence-electron chi connectivity index (χ1n) is 9.05. The number of aryl methyl sites for hydroxylation is 1. The Labute approximate surface area is 167 Å². The number of Topliss-reactive ketones (excluding diaryl/α,β-unsaturated/α-hetero) is 1. The largest absolute Gasteiger partial charge is 0.470 e. The van der Waals surface area contributed by atoms with Crippen molar-refractivity contribution in [3.63, 3.8) is 0 Å². The quantitative estimate of drug-likeness (QED) is 0.581. The Morgan fingerprint density at radius 3 is 2.55 bits per heavy atom. The Hall–Kier alpha value is -3.20. The highest BCUT2D eigenvalue weighted by Gasteiger charge is 2.23. The number of ether oxygens (including phenoxy) is 1. The summed E-state index contributed by atoms with van der Waals surface area (Å²) in [6.45, 7) is 5.42. The van der Waals surface area contributed by atoms with Crippen LogP contribution < -0.4 is 4.74 Å². The Morgan fingerprint density at radius 2 is 1.93 bits per heavy atom. The zero-order valence-corrected chi connectivity index (χ0v) is 16.5. The van der Waals surface area contributed by atoms with Crippen LogP contribution in [0.15, 0.2) is 36.7 Å². The van der Waals surface area contributed by atoms with Gasteiger partial charge in [0.2, 0.25) is 5.88 Å². The van der Waals surface area contributed by atoms with Crippen LogP contribution in [0.2, 0.25) is 0 Å². The number of carbonyl (C=O) groups excluding carboxylic acids is 1. The smallest absolute Gasteiger partial charge is 0.232 e. The van der Waals surface area contributed by atoms with E-state index in [0.29, 0.717) is 17.1 Å². The molecular formula is C20H22FN5O3. The second-order valence-corrected chi connectivity index (χ2v) is 7.46. The number of aromatic nitrogens is 5. The molecule has 0 radical (unpaired) electrons. The van der Waals surface area contributed by atoms with Crippen LogP contribution >= 0.6 is 0 Å². The van der Waals surface area contributed by atoms with E-state index in [2.05, 4.69) is 20.3 Å². The van der Waals surface area contributed by atoms with E-state index < -0.39 is 5.41 Å². The maximum atomic E-state index is 13.2. The van der Waals surface area contributed by atoms with Crippen LogP contribution in [0.25, 0.3) is 5.69 Å². The van der Waals surface area contributed by atoms with E-state index in [4.69, 9.17) is 4.74 Å². The number of nitrogens with zero attached hydrogens (tertiary/aromatic N) is 5. The minimum Gasteiger partial charge on any atom is -0.470 e. The Kier molecular flexibility index (Phi) is 5.97. The predicted molar refractivity (Wildman–Crippen MR) is 102 cm³/mol. The van der Waals surface area contributed by atoms with Gasteiger partial charge in [-0.2, -0.15) is 0 Å². The van der Waals surface area contributed by atoms with Crippen LogP contribution in [-0.2, 0) is 6.61 Å². The average Bonchev–Trinajstić information content (AvgIpc) is 3.07. The average molecular weight is 399 g/mol. The molecule has 0 aliphatic heterocycles. The van der Waals surface area contributed by atoms with Gasteiger partial charge in [-0.1, -0.05) is 19.1 Å². The molecule has 0 unspecified atom stereocenters.